The number of nitrogens with zero attached hydrogens (tertiary/aromatic N) is 3. The molecule has 0 unspecified atom stereocenters. The maximum absolute atomic E-state index is 4.40. The van der Waals surface area contributed by atoms with Crippen LogP contribution in [0.3, 0.4) is 0 Å². The number of hydrogen-bond acceptors (Lipinski definition) is 3. The zero-order valence-electron chi connectivity index (χ0n) is 11.8. The highest BCUT2D eigenvalue weighted by molar-refractivity contribution is 5.79. The van der Waals surface area contributed by atoms with Gasteiger partial charge in [-0.2, -0.15) is 5.10 Å². The second-order valence-electron chi connectivity index (χ2n) is 5.02. The largest absolute Gasteiger partial charge is 0.381 e. The molecule has 0 aliphatic rings. The van der Waals surface area contributed by atoms with Gasteiger partial charge in [0.05, 0.1) is 17.2 Å². The normalized spacial score (nSPS) is 11.1. The van der Waals surface area contributed by atoms with Gasteiger partial charge in [-0.1, -0.05) is 6.92 Å². The van der Waals surface area contributed by atoms with Crippen molar-refractivity contribution < 1.29 is 0 Å². The SMILES string of the molecule is CCCn1cc(CNc2ccc3nc(C)[nH]c3c2)cn1. The molecule has 0 amide bonds. The van der Waals surface area contributed by atoms with Crippen LogP contribution in [0.25, 0.3) is 11.0 Å². The molecular formula is C15H19N5. The third-order valence-electron chi connectivity index (χ3n) is 3.24. The Morgan fingerprint density at radius 2 is 2.25 bits per heavy atom. The number of hydrogen-bond donors (Lipinski definition) is 2. The van der Waals surface area contributed by atoms with Crippen molar-refractivity contribution in [2.24, 2.45) is 0 Å². The van der Waals surface area contributed by atoms with Crippen LogP contribution in [-0.4, -0.2) is 19.7 Å². The Labute approximate surface area is 118 Å². The number of fused-ring (bicyclic) bond motifs is 1. The summed E-state index contributed by atoms with van der Waals surface area (Å²) in [6.07, 6.45) is 5.11. The van der Waals surface area contributed by atoms with E-state index in [4.69, 9.17) is 0 Å². The molecule has 0 aliphatic heterocycles. The second kappa shape index (κ2) is 5.36. The Bertz CT molecular complexity index is 710. The van der Waals surface area contributed by atoms with Crippen molar-refractivity contribution in [3.05, 3.63) is 42.0 Å². The monoisotopic (exact) mass is 269 g/mol. The molecule has 0 bridgehead atoms. The number of aromatic nitrogens is 4. The molecule has 1 aromatic carbocycles. The van der Waals surface area contributed by atoms with E-state index in [1.165, 1.54) is 5.56 Å². The molecule has 5 heteroatoms. The first kappa shape index (κ1) is 12.7. The third-order valence-corrected chi connectivity index (χ3v) is 3.24. The van der Waals surface area contributed by atoms with Crippen LogP contribution in [-0.2, 0) is 13.1 Å². The quantitative estimate of drug-likeness (QED) is 0.748. The maximum Gasteiger partial charge on any atom is 0.104 e. The van der Waals surface area contributed by atoms with Gasteiger partial charge in [0, 0.05) is 30.5 Å². The van der Waals surface area contributed by atoms with Crippen LogP contribution in [0.5, 0.6) is 0 Å². The Hall–Kier alpha value is -2.30. The number of nitrogens with one attached hydrogen (secondary N) is 2. The molecule has 2 N–H and O–H groups in total. The Kier molecular flexibility index (Phi) is 3.41. The standard InChI is InChI=1S/C15H19N5/c1-3-6-20-10-12(9-17-20)8-16-13-4-5-14-15(7-13)19-11(2)18-14/h4-5,7,9-10,16H,3,6,8H2,1-2H3,(H,18,19). The van der Waals surface area contributed by atoms with Crippen LogP contribution in [0.4, 0.5) is 5.69 Å². The zero-order valence-corrected chi connectivity index (χ0v) is 11.8. The van der Waals surface area contributed by atoms with Gasteiger partial charge in [0.2, 0.25) is 0 Å². The fraction of sp³-hybridized carbons (Fsp3) is 0.333. The molecule has 0 saturated heterocycles. The number of benzene rings is 1. The average Bonchev–Trinajstić information content (AvgIpc) is 3.01. The molecule has 0 radical (unpaired) electrons. The number of anilines is 1. The molecule has 3 rings (SSSR count). The van der Waals surface area contributed by atoms with E-state index in [0.29, 0.717) is 0 Å². The summed E-state index contributed by atoms with van der Waals surface area (Å²) >= 11 is 0. The molecule has 3 aromatic rings. The lowest BCUT2D eigenvalue weighted by molar-refractivity contribution is 0.602. The zero-order chi connectivity index (χ0) is 13.9. The van der Waals surface area contributed by atoms with E-state index < -0.39 is 0 Å². The number of aromatic amines is 1. The van der Waals surface area contributed by atoms with Gasteiger partial charge < -0.3 is 10.3 Å². The van der Waals surface area contributed by atoms with Crippen molar-refractivity contribution in [1.82, 2.24) is 19.7 Å². The lowest BCUT2D eigenvalue weighted by Crippen LogP contribution is -1.99. The average molecular weight is 269 g/mol. The summed E-state index contributed by atoms with van der Waals surface area (Å²) in [5.74, 6) is 0.943. The molecule has 2 heterocycles. The van der Waals surface area contributed by atoms with Crippen molar-refractivity contribution in [3.8, 4) is 0 Å². The van der Waals surface area contributed by atoms with Gasteiger partial charge in [-0.05, 0) is 31.5 Å². The minimum atomic E-state index is 0.780. The summed E-state index contributed by atoms with van der Waals surface area (Å²) in [4.78, 5) is 7.65. The van der Waals surface area contributed by atoms with Crippen molar-refractivity contribution in [2.45, 2.75) is 33.4 Å². The second-order valence-corrected chi connectivity index (χ2v) is 5.02. The van der Waals surface area contributed by atoms with Gasteiger partial charge in [-0.15, -0.1) is 0 Å². The molecular weight excluding hydrogens is 250 g/mol. The van der Waals surface area contributed by atoms with Gasteiger partial charge in [-0.3, -0.25) is 4.68 Å². The molecule has 0 aliphatic carbocycles. The predicted molar refractivity (Wildman–Crippen MR) is 80.7 cm³/mol. The van der Waals surface area contributed by atoms with Crippen molar-refractivity contribution in [1.29, 1.82) is 0 Å². The minimum Gasteiger partial charge on any atom is -0.381 e. The van der Waals surface area contributed by atoms with Crippen molar-refractivity contribution in [2.75, 3.05) is 5.32 Å². The van der Waals surface area contributed by atoms with Crippen LogP contribution in [0, 0.1) is 6.92 Å². The smallest absolute Gasteiger partial charge is 0.104 e. The van der Waals surface area contributed by atoms with E-state index in [1.54, 1.807) is 0 Å². The lowest BCUT2D eigenvalue weighted by Gasteiger charge is -2.04. The fourth-order valence-electron chi connectivity index (χ4n) is 2.30. The maximum atomic E-state index is 4.40. The summed E-state index contributed by atoms with van der Waals surface area (Å²) < 4.78 is 1.98. The van der Waals surface area contributed by atoms with Crippen molar-refractivity contribution >= 4 is 16.7 Å². The van der Waals surface area contributed by atoms with Crippen LogP contribution in [0.15, 0.2) is 30.6 Å². The number of imidazole rings is 1. The summed E-state index contributed by atoms with van der Waals surface area (Å²) in [7, 11) is 0. The molecule has 2 aromatic heterocycles. The lowest BCUT2D eigenvalue weighted by atomic mass is 10.2. The van der Waals surface area contributed by atoms with Crippen LogP contribution in [0.1, 0.15) is 24.7 Å². The van der Waals surface area contributed by atoms with E-state index in [2.05, 4.69) is 45.6 Å². The van der Waals surface area contributed by atoms with E-state index in [-0.39, 0.29) is 0 Å². The van der Waals surface area contributed by atoms with E-state index in [1.807, 2.05) is 23.9 Å². The van der Waals surface area contributed by atoms with Gasteiger partial charge in [0.15, 0.2) is 0 Å². The van der Waals surface area contributed by atoms with E-state index >= 15 is 0 Å². The number of H-pyrrole nitrogens is 1. The van der Waals surface area contributed by atoms with Gasteiger partial charge in [0.25, 0.3) is 0 Å². The van der Waals surface area contributed by atoms with E-state index in [9.17, 15) is 0 Å². The Morgan fingerprint density at radius 3 is 3.10 bits per heavy atom. The molecule has 0 fully saturated rings. The molecule has 5 nitrogen and oxygen atoms in total. The van der Waals surface area contributed by atoms with Crippen molar-refractivity contribution in [3.63, 3.8) is 0 Å². The molecule has 0 atom stereocenters. The van der Waals surface area contributed by atoms with Crippen LogP contribution < -0.4 is 5.32 Å². The highest BCUT2D eigenvalue weighted by Crippen LogP contribution is 2.17. The molecule has 0 saturated carbocycles. The molecule has 20 heavy (non-hydrogen) atoms. The van der Waals surface area contributed by atoms with Gasteiger partial charge in [-0.25, -0.2) is 4.98 Å². The summed E-state index contributed by atoms with van der Waals surface area (Å²) in [6, 6.07) is 6.17. The summed E-state index contributed by atoms with van der Waals surface area (Å²) in [5, 5.41) is 7.75. The fourth-order valence-corrected chi connectivity index (χ4v) is 2.30. The summed E-state index contributed by atoms with van der Waals surface area (Å²) in [6.45, 7) is 5.87. The Balaban J connectivity index is 1.69. The predicted octanol–water partition coefficient (Wildman–Crippen LogP) is 3.09. The topological polar surface area (TPSA) is 58.5 Å². The van der Waals surface area contributed by atoms with E-state index in [0.717, 1.165) is 42.1 Å². The third kappa shape index (κ3) is 2.66. The van der Waals surface area contributed by atoms with Gasteiger partial charge >= 0.3 is 0 Å². The first-order valence-corrected chi connectivity index (χ1v) is 6.96. The number of aryl methyl sites for hydroxylation is 2. The highest BCUT2D eigenvalue weighted by Gasteiger charge is 2.02. The van der Waals surface area contributed by atoms with Crippen LogP contribution in [0.2, 0.25) is 0 Å². The first-order chi connectivity index (χ1) is 9.74. The summed E-state index contributed by atoms with van der Waals surface area (Å²) in [5.41, 5.74) is 4.35. The first-order valence-electron chi connectivity index (χ1n) is 6.96. The van der Waals surface area contributed by atoms with Gasteiger partial charge in [0.1, 0.15) is 5.82 Å². The Morgan fingerprint density at radius 1 is 1.35 bits per heavy atom. The molecule has 104 valence electrons. The highest BCUT2D eigenvalue weighted by atomic mass is 15.3. The minimum absolute atomic E-state index is 0.780. The molecule has 0 spiro atoms. The number of rotatable bonds is 5. The van der Waals surface area contributed by atoms with Crippen LogP contribution >= 0.6 is 0 Å².